The Bertz CT molecular complexity index is 824. The van der Waals surface area contributed by atoms with Crippen LogP contribution in [0.25, 0.3) is 11.1 Å². The maximum atomic E-state index is 12.8. The minimum atomic E-state index is 0.0541. The average Bonchev–Trinajstić information content (AvgIpc) is 2.99. The van der Waals surface area contributed by atoms with Crippen LogP contribution >= 0.6 is 0 Å². The van der Waals surface area contributed by atoms with Gasteiger partial charge in [0.05, 0.1) is 13.2 Å². The summed E-state index contributed by atoms with van der Waals surface area (Å²) in [5.41, 5.74) is 3.31. The Balaban J connectivity index is 1.47. The number of nitrogens with one attached hydrogen (secondary N) is 1. The molecule has 2 aromatic carbocycles. The second kappa shape index (κ2) is 8.13. The second-order valence-corrected chi connectivity index (χ2v) is 7.29. The maximum Gasteiger partial charge on any atom is 0.194 e. The predicted molar refractivity (Wildman–Crippen MR) is 107 cm³/mol. The molecular weight excluding hydrogens is 338 g/mol. The summed E-state index contributed by atoms with van der Waals surface area (Å²) in [5, 5.41) is 3.58. The van der Waals surface area contributed by atoms with Gasteiger partial charge in [-0.25, -0.2) is 0 Å². The molecule has 0 amide bonds. The summed E-state index contributed by atoms with van der Waals surface area (Å²) in [7, 11) is 0. The molecule has 27 heavy (non-hydrogen) atoms. The van der Waals surface area contributed by atoms with E-state index >= 15 is 0 Å². The number of ketones is 1. The van der Waals surface area contributed by atoms with Crippen LogP contribution in [0.1, 0.15) is 54.9 Å². The van der Waals surface area contributed by atoms with Crippen molar-refractivity contribution in [1.29, 1.82) is 0 Å². The van der Waals surface area contributed by atoms with E-state index in [0.717, 1.165) is 47.6 Å². The molecule has 0 spiro atoms. The van der Waals surface area contributed by atoms with Gasteiger partial charge < -0.3 is 14.8 Å². The van der Waals surface area contributed by atoms with Crippen LogP contribution in [0.2, 0.25) is 0 Å². The summed E-state index contributed by atoms with van der Waals surface area (Å²) in [5.74, 6) is 1.60. The first-order valence-corrected chi connectivity index (χ1v) is 10.1. The third-order valence-corrected chi connectivity index (χ3v) is 5.45. The van der Waals surface area contributed by atoms with Gasteiger partial charge in [0.15, 0.2) is 5.78 Å². The zero-order valence-electron chi connectivity index (χ0n) is 15.9. The van der Waals surface area contributed by atoms with Crippen molar-refractivity contribution in [3.63, 3.8) is 0 Å². The summed E-state index contributed by atoms with van der Waals surface area (Å²) in [4.78, 5) is 12.8. The van der Waals surface area contributed by atoms with Crippen molar-refractivity contribution in [1.82, 2.24) is 5.32 Å². The van der Waals surface area contributed by atoms with Gasteiger partial charge in [0, 0.05) is 22.7 Å². The van der Waals surface area contributed by atoms with Gasteiger partial charge in [-0.05, 0) is 69.0 Å². The van der Waals surface area contributed by atoms with Crippen molar-refractivity contribution >= 4 is 5.78 Å². The zero-order valence-corrected chi connectivity index (χ0v) is 15.9. The molecule has 4 heteroatoms. The number of ether oxygens (including phenoxy) is 2. The SMILES string of the molecule is CCOc1ccc2c(c1)C(=O)c1cccc(OCCCC3CCCCN3)c1-2. The summed E-state index contributed by atoms with van der Waals surface area (Å²) in [6, 6.07) is 12.1. The summed E-state index contributed by atoms with van der Waals surface area (Å²) in [6.45, 7) is 4.35. The Morgan fingerprint density at radius 2 is 2.00 bits per heavy atom. The van der Waals surface area contributed by atoms with Gasteiger partial charge in [0.2, 0.25) is 0 Å². The molecule has 0 bridgehead atoms. The summed E-state index contributed by atoms with van der Waals surface area (Å²) in [6.07, 6.45) is 6.05. The van der Waals surface area contributed by atoms with Crippen molar-refractivity contribution in [3.05, 3.63) is 47.5 Å². The summed E-state index contributed by atoms with van der Waals surface area (Å²) >= 11 is 0. The van der Waals surface area contributed by atoms with E-state index in [1.54, 1.807) is 0 Å². The van der Waals surface area contributed by atoms with Crippen molar-refractivity contribution in [3.8, 4) is 22.6 Å². The zero-order chi connectivity index (χ0) is 18.6. The Labute approximate surface area is 160 Å². The van der Waals surface area contributed by atoms with Gasteiger partial charge in [-0.15, -0.1) is 0 Å². The maximum absolute atomic E-state index is 12.8. The van der Waals surface area contributed by atoms with E-state index in [9.17, 15) is 4.79 Å². The van der Waals surface area contributed by atoms with E-state index in [0.29, 0.717) is 24.8 Å². The number of carbonyl (C=O) groups is 1. The first-order valence-electron chi connectivity index (χ1n) is 10.1. The fraction of sp³-hybridized carbons (Fsp3) is 0.435. The smallest absolute Gasteiger partial charge is 0.194 e. The molecular formula is C23H27NO3. The van der Waals surface area contributed by atoms with Crippen molar-refractivity contribution in [2.75, 3.05) is 19.8 Å². The van der Waals surface area contributed by atoms with Gasteiger partial charge >= 0.3 is 0 Å². The third-order valence-electron chi connectivity index (χ3n) is 5.45. The van der Waals surface area contributed by atoms with Crippen molar-refractivity contribution in [2.45, 2.75) is 45.1 Å². The van der Waals surface area contributed by atoms with Crippen molar-refractivity contribution < 1.29 is 14.3 Å². The third kappa shape index (κ3) is 3.72. The van der Waals surface area contributed by atoms with Crippen LogP contribution in [0, 0.1) is 0 Å². The molecule has 2 aliphatic rings. The molecule has 1 atom stereocenters. The normalized spacial score (nSPS) is 18.1. The molecule has 2 aromatic rings. The number of benzene rings is 2. The number of piperidine rings is 1. The van der Waals surface area contributed by atoms with Crippen LogP contribution in [-0.2, 0) is 0 Å². The minimum absolute atomic E-state index is 0.0541. The molecule has 1 heterocycles. The van der Waals surface area contributed by atoms with E-state index in [1.807, 2.05) is 43.3 Å². The molecule has 4 nitrogen and oxygen atoms in total. The van der Waals surface area contributed by atoms with Gasteiger partial charge in [-0.2, -0.15) is 0 Å². The summed E-state index contributed by atoms with van der Waals surface area (Å²) < 4.78 is 11.7. The Morgan fingerprint density at radius 1 is 1.07 bits per heavy atom. The van der Waals surface area contributed by atoms with E-state index in [4.69, 9.17) is 9.47 Å². The Hall–Kier alpha value is -2.33. The molecule has 1 saturated heterocycles. The first-order chi connectivity index (χ1) is 13.3. The van der Waals surface area contributed by atoms with E-state index in [2.05, 4.69) is 5.32 Å². The lowest BCUT2D eigenvalue weighted by Crippen LogP contribution is -2.34. The first kappa shape index (κ1) is 18.1. The highest BCUT2D eigenvalue weighted by molar-refractivity contribution is 6.22. The highest BCUT2D eigenvalue weighted by Gasteiger charge is 2.30. The molecule has 1 aliphatic heterocycles. The average molecular weight is 365 g/mol. The molecule has 0 saturated carbocycles. The second-order valence-electron chi connectivity index (χ2n) is 7.29. The van der Waals surface area contributed by atoms with Crippen molar-refractivity contribution in [2.24, 2.45) is 0 Å². The molecule has 1 unspecified atom stereocenters. The molecule has 0 aromatic heterocycles. The highest BCUT2D eigenvalue weighted by atomic mass is 16.5. The fourth-order valence-corrected chi connectivity index (χ4v) is 4.13. The highest BCUT2D eigenvalue weighted by Crippen LogP contribution is 2.43. The Kier molecular flexibility index (Phi) is 5.44. The number of fused-ring (bicyclic) bond motifs is 3. The lowest BCUT2D eigenvalue weighted by Gasteiger charge is -2.23. The predicted octanol–water partition coefficient (Wildman–Crippen LogP) is 4.60. The fourth-order valence-electron chi connectivity index (χ4n) is 4.13. The van der Waals surface area contributed by atoms with E-state index < -0.39 is 0 Å². The number of hydrogen-bond donors (Lipinski definition) is 1. The lowest BCUT2D eigenvalue weighted by molar-refractivity contribution is 0.104. The topological polar surface area (TPSA) is 47.6 Å². The van der Waals surface area contributed by atoms with Gasteiger partial charge in [-0.1, -0.05) is 18.6 Å². The molecule has 1 aliphatic carbocycles. The monoisotopic (exact) mass is 365 g/mol. The largest absolute Gasteiger partial charge is 0.494 e. The van der Waals surface area contributed by atoms with Crippen LogP contribution in [0.5, 0.6) is 11.5 Å². The standard InChI is InChI=1S/C23H27NO3/c1-2-26-17-11-12-18-20(15-17)23(25)19-9-5-10-21(22(18)19)27-14-6-8-16-7-3-4-13-24-16/h5,9-12,15-16,24H,2-4,6-8,13-14H2,1H3. The minimum Gasteiger partial charge on any atom is -0.494 e. The van der Waals surface area contributed by atoms with Crippen LogP contribution in [0.3, 0.4) is 0 Å². The van der Waals surface area contributed by atoms with Crippen LogP contribution in [0.4, 0.5) is 0 Å². The lowest BCUT2D eigenvalue weighted by atomic mass is 10.0. The number of rotatable bonds is 7. The molecule has 1 N–H and O–H groups in total. The number of carbonyl (C=O) groups excluding carboxylic acids is 1. The van der Waals surface area contributed by atoms with Gasteiger partial charge in [0.1, 0.15) is 11.5 Å². The van der Waals surface area contributed by atoms with Crippen LogP contribution in [0.15, 0.2) is 36.4 Å². The molecule has 142 valence electrons. The number of hydrogen-bond acceptors (Lipinski definition) is 4. The molecule has 0 radical (unpaired) electrons. The van der Waals surface area contributed by atoms with Crippen LogP contribution < -0.4 is 14.8 Å². The molecule has 1 fully saturated rings. The quantitative estimate of drug-likeness (QED) is 0.622. The van der Waals surface area contributed by atoms with E-state index in [-0.39, 0.29) is 5.78 Å². The van der Waals surface area contributed by atoms with E-state index in [1.165, 1.54) is 19.3 Å². The Morgan fingerprint density at radius 3 is 2.81 bits per heavy atom. The van der Waals surface area contributed by atoms with Crippen LogP contribution in [-0.4, -0.2) is 31.6 Å². The van der Waals surface area contributed by atoms with Gasteiger partial charge in [0.25, 0.3) is 0 Å². The molecule has 4 rings (SSSR count). The van der Waals surface area contributed by atoms with Gasteiger partial charge in [-0.3, -0.25) is 4.79 Å².